The van der Waals surface area contributed by atoms with Gasteiger partial charge < -0.3 is 14.6 Å². The highest BCUT2D eigenvalue weighted by molar-refractivity contribution is 7.14. The minimum atomic E-state index is -1.03. The van der Waals surface area contributed by atoms with Gasteiger partial charge in [-0.1, -0.05) is 19.0 Å². The number of amides is 1. The molecule has 2 aromatic heterocycles. The van der Waals surface area contributed by atoms with E-state index in [1.54, 1.807) is 18.4 Å². The molecular weight excluding hydrogens is 330 g/mol. The van der Waals surface area contributed by atoms with Crippen molar-refractivity contribution in [1.29, 1.82) is 5.26 Å². The molecule has 0 aliphatic carbocycles. The zero-order chi connectivity index (χ0) is 17.9. The molecule has 126 valence electrons. The fourth-order valence-electron chi connectivity index (χ4n) is 2.01. The first-order chi connectivity index (χ1) is 11.3. The van der Waals surface area contributed by atoms with Gasteiger partial charge in [-0.05, 0) is 25.3 Å². The fraction of sp³-hybridized carbons (Fsp3) is 0.375. The summed E-state index contributed by atoms with van der Waals surface area (Å²) in [4.78, 5) is 24.5. The van der Waals surface area contributed by atoms with Crippen molar-refractivity contribution < 1.29 is 18.8 Å². The molecule has 0 aliphatic rings. The number of hydrogen-bond donors (Lipinski definition) is 1. The van der Waals surface area contributed by atoms with Crippen molar-refractivity contribution >= 4 is 28.2 Å². The molecule has 0 saturated carbocycles. The van der Waals surface area contributed by atoms with Crippen LogP contribution in [0.5, 0.6) is 0 Å². The summed E-state index contributed by atoms with van der Waals surface area (Å²) >= 11 is 1.23. The number of aryl methyl sites for hydroxylation is 1. The third-order valence-corrected chi connectivity index (χ3v) is 4.12. The number of hydrogen-bond acceptors (Lipinski definition) is 7. The summed E-state index contributed by atoms with van der Waals surface area (Å²) in [6.45, 7) is 6.84. The number of nitriles is 1. The van der Waals surface area contributed by atoms with Crippen LogP contribution in [-0.4, -0.2) is 23.1 Å². The predicted octanol–water partition coefficient (Wildman–Crippen LogP) is 3.22. The largest absolute Gasteiger partial charge is 0.449 e. The van der Waals surface area contributed by atoms with Crippen LogP contribution in [0.2, 0.25) is 0 Å². The van der Waals surface area contributed by atoms with Crippen LogP contribution in [-0.2, 0) is 9.53 Å². The lowest BCUT2D eigenvalue weighted by Crippen LogP contribution is -2.30. The molecule has 7 nitrogen and oxygen atoms in total. The van der Waals surface area contributed by atoms with E-state index in [0.29, 0.717) is 22.0 Å². The summed E-state index contributed by atoms with van der Waals surface area (Å²) in [5.41, 5.74) is 1.03. The summed E-state index contributed by atoms with van der Waals surface area (Å²) in [7, 11) is 0. The Morgan fingerprint density at radius 1 is 1.42 bits per heavy atom. The van der Waals surface area contributed by atoms with Crippen LogP contribution < -0.4 is 5.32 Å². The van der Waals surface area contributed by atoms with Gasteiger partial charge in [-0.15, -0.1) is 11.3 Å². The summed E-state index contributed by atoms with van der Waals surface area (Å²) in [6, 6.07) is 3.58. The number of thiophene rings is 1. The number of anilines is 1. The minimum absolute atomic E-state index is 0.0396. The quantitative estimate of drug-likeness (QED) is 0.833. The fourth-order valence-corrected chi connectivity index (χ4v) is 2.75. The maximum absolute atomic E-state index is 12.3. The zero-order valence-electron chi connectivity index (χ0n) is 13.7. The molecule has 1 amide bonds. The van der Waals surface area contributed by atoms with Gasteiger partial charge in [0.1, 0.15) is 16.6 Å². The molecule has 0 radical (unpaired) electrons. The van der Waals surface area contributed by atoms with E-state index in [1.807, 2.05) is 19.9 Å². The third kappa shape index (κ3) is 3.63. The number of nitrogens with one attached hydrogen (secondary N) is 1. The van der Waals surface area contributed by atoms with Gasteiger partial charge >= 0.3 is 5.97 Å². The maximum Gasteiger partial charge on any atom is 0.344 e. The van der Waals surface area contributed by atoms with E-state index >= 15 is 0 Å². The van der Waals surface area contributed by atoms with E-state index in [1.165, 1.54) is 18.3 Å². The molecule has 2 rings (SSSR count). The molecule has 2 heterocycles. The molecule has 24 heavy (non-hydrogen) atoms. The zero-order valence-corrected chi connectivity index (χ0v) is 14.6. The number of carbonyl (C=O) groups excluding carboxylic acids is 2. The Hall–Kier alpha value is -2.66. The van der Waals surface area contributed by atoms with Gasteiger partial charge in [0, 0.05) is 5.92 Å². The number of nitrogens with zero attached hydrogens (tertiary/aromatic N) is 2. The summed E-state index contributed by atoms with van der Waals surface area (Å²) in [5.74, 6) is -0.786. The molecule has 0 spiro atoms. The SMILES string of the molecule is Cc1noc(C(C)C)c1C(=O)O[C@H](C)C(=O)Nc1sccc1C#N. The Labute approximate surface area is 143 Å². The van der Waals surface area contributed by atoms with Crippen LogP contribution in [0, 0.1) is 18.3 Å². The molecule has 0 unspecified atom stereocenters. The van der Waals surface area contributed by atoms with E-state index in [0.717, 1.165) is 0 Å². The highest BCUT2D eigenvalue weighted by Crippen LogP contribution is 2.24. The van der Waals surface area contributed by atoms with Crippen molar-refractivity contribution in [3.8, 4) is 6.07 Å². The normalized spacial score (nSPS) is 11.8. The van der Waals surface area contributed by atoms with Crippen LogP contribution in [0.25, 0.3) is 0 Å². The molecule has 0 bridgehead atoms. The number of rotatable bonds is 5. The van der Waals surface area contributed by atoms with Crippen molar-refractivity contribution in [1.82, 2.24) is 5.16 Å². The van der Waals surface area contributed by atoms with E-state index < -0.39 is 18.0 Å². The van der Waals surface area contributed by atoms with Crippen molar-refractivity contribution in [2.75, 3.05) is 5.32 Å². The van der Waals surface area contributed by atoms with E-state index in [2.05, 4.69) is 10.5 Å². The van der Waals surface area contributed by atoms with Crippen LogP contribution >= 0.6 is 11.3 Å². The highest BCUT2D eigenvalue weighted by Gasteiger charge is 2.27. The summed E-state index contributed by atoms with van der Waals surface area (Å²) in [6.07, 6.45) is -1.03. The van der Waals surface area contributed by atoms with Crippen LogP contribution in [0.15, 0.2) is 16.0 Å². The lowest BCUT2D eigenvalue weighted by molar-refractivity contribution is -0.123. The predicted molar refractivity (Wildman–Crippen MR) is 87.9 cm³/mol. The molecule has 0 aromatic carbocycles. The van der Waals surface area contributed by atoms with Gasteiger partial charge in [-0.2, -0.15) is 5.26 Å². The number of aromatic nitrogens is 1. The van der Waals surface area contributed by atoms with E-state index in [4.69, 9.17) is 14.5 Å². The number of esters is 1. The Kier molecular flexibility index (Phi) is 5.36. The molecular formula is C16H17N3O4S. The van der Waals surface area contributed by atoms with Crippen molar-refractivity contribution in [3.63, 3.8) is 0 Å². The van der Waals surface area contributed by atoms with Crippen LogP contribution in [0.1, 0.15) is 54.1 Å². The summed E-state index contributed by atoms with van der Waals surface area (Å²) in [5, 5.41) is 17.4. The third-order valence-electron chi connectivity index (χ3n) is 3.29. The molecule has 1 atom stereocenters. The second kappa shape index (κ2) is 7.27. The molecule has 2 aromatic rings. The van der Waals surface area contributed by atoms with Crippen molar-refractivity contribution in [3.05, 3.63) is 34.0 Å². The van der Waals surface area contributed by atoms with Crippen molar-refractivity contribution in [2.45, 2.75) is 39.7 Å². The van der Waals surface area contributed by atoms with Crippen LogP contribution in [0.3, 0.4) is 0 Å². The van der Waals surface area contributed by atoms with E-state index in [-0.39, 0.29) is 11.5 Å². The number of carbonyl (C=O) groups is 2. The standard InChI is InChI=1S/C16H17N3O4S/c1-8(2)13-12(9(3)19-23-13)16(21)22-10(4)14(20)18-15-11(7-17)5-6-24-15/h5-6,8,10H,1-4H3,(H,18,20)/t10-/m1/s1. The van der Waals surface area contributed by atoms with Gasteiger partial charge in [0.15, 0.2) is 11.9 Å². The molecule has 8 heteroatoms. The second-order valence-corrected chi connectivity index (χ2v) is 6.39. The Morgan fingerprint density at radius 2 is 2.12 bits per heavy atom. The first kappa shape index (κ1) is 17.7. The Morgan fingerprint density at radius 3 is 2.75 bits per heavy atom. The molecule has 0 saturated heterocycles. The minimum Gasteiger partial charge on any atom is -0.449 e. The lowest BCUT2D eigenvalue weighted by atomic mass is 10.1. The second-order valence-electron chi connectivity index (χ2n) is 5.47. The number of ether oxygens (including phenoxy) is 1. The lowest BCUT2D eigenvalue weighted by Gasteiger charge is -2.13. The smallest absolute Gasteiger partial charge is 0.344 e. The Bertz CT molecular complexity index is 801. The Balaban J connectivity index is 2.08. The van der Waals surface area contributed by atoms with Gasteiger partial charge in [0.2, 0.25) is 0 Å². The van der Waals surface area contributed by atoms with Gasteiger partial charge in [0.05, 0.1) is 11.3 Å². The average Bonchev–Trinajstić information content (AvgIpc) is 3.13. The molecule has 0 fully saturated rings. The van der Waals surface area contributed by atoms with E-state index in [9.17, 15) is 9.59 Å². The van der Waals surface area contributed by atoms with Gasteiger partial charge in [-0.3, -0.25) is 4.79 Å². The first-order valence-corrected chi connectivity index (χ1v) is 8.18. The highest BCUT2D eigenvalue weighted by atomic mass is 32.1. The molecule has 1 N–H and O–H groups in total. The molecule has 0 aliphatic heterocycles. The monoisotopic (exact) mass is 347 g/mol. The van der Waals surface area contributed by atoms with Gasteiger partial charge in [-0.25, -0.2) is 4.79 Å². The average molecular weight is 347 g/mol. The topological polar surface area (TPSA) is 105 Å². The van der Waals surface area contributed by atoms with Crippen molar-refractivity contribution in [2.24, 2.45) is 0 Å². The maximum atomic E-state index is 12.3. The van der Waals surface area contributed by atoms with Crippen LogP contribution in [0.4, 0.5) is 5.00 Å². The first-order valence-electron chi connectivity index (χ1n) is 7.30. The summed E-state index contributed by atoms with van der Waals surface area (Å²) < 4.78 is 10.4. The van der Waals surface area contributed by atoms with Gasteiger partial charge in [0.25, 0.3) is 5.91 Å².